The van der Waals surface area contributed by atoms with Crippen LogP contribution >= 0.6 is 0 Å². The van der Waals surface area contributed by atoms with E-state index < -0.39 is 0 Å². The molecule has 1 aromatic rings. The van der Waals surface area contributed by atoms with Gasteiger partial charge >= 0.3 is 0 Å². The summed E-state index contributed by atoms with van der Waals surface area (Å²) < 4.78 is 6.86. The van der Waals surface area contributed by atoms with Crippen molar-refractivity contribution in [1.82, 2.24) is 19.6 Å². The second-order valence-electron chi connectivity index (χ2n) is 5.25. The summed E-state index contributed by atoms with van der Waals surface area (Å²) in [6, 6.07) is 0. The molecule has 0 atom stereocenters. The standard InChI is InChI=1S/C14H24N4O2/c1-12-13(11-15-16(12)2)14(19)18-6-4-5-17(7-8-18)9-10-20-3/h11H,4-10H2,1-3H3. The van der Waals surface area contributed by atoms with E-state index in [1.165, 1.54) is 0 Å². The van der Waals surface area contributed by atoms with Crippen LogP contribution in [-0.4, -0.2) is 71.9 Å². The van der Waals surface area contributed by atoms with E-state index in [2.05, 4.69) is 10.00 Å². The minimum absolute atomic E-state index is 0.101. The molecule has 0 aromatic carbocycles. The lowest BCUT2D eigenvalue weighted by atomic mass is 10.2. The Morgan fingerprint density at radius 3 is 2.80 bits per heavy atom. The molecule has 112 valence electrons. The third kappa shape index (κ3) is 3.37. The molecule has 1 fully saturated rings. The Labute approximate surface area is 120 Å². The van der Waals surface area contributed by atoms with Gasteiger partial charge in [0.05, 0.1) is 18.4 Å². The van der Waals surface area contributed by atoms with E-state index in [-0.39, 0.29) is 5.91 Å². The van der Waals surface area contributed by atoms with E-state index in [9.17, 15) is 4.79 Å². The average Bonchev–Trinajstić information content (AvgIpc) is 2.68. The van der Waals surface area contributed by atoms with Crippen LogP contribution in [0.5, 0.6) is 0 Å². The summed E-state index contributed by atoms with van der Waals surface area (Å²) in [5.74, 6) is 0.101. The molecule has 1 aliphatic rings. The maximum atomic E-state index is 12.5. The van der Waals surface area contributed by atoms with Crippen LogP contribution in [0.25, 0.3) is 0 Å². The second kappa shape index (κ2) is 6.85. The number of ether oxygens (including phenoxy) is 1. The molecule has 6 nitrogen and oxygen atoms in total. The van der Waals surface area contributed by atoms with Crippen molar-refractivity contribution in [3.8, 4) is 0 Å². The molecule has 20 heavy (non-hydrogen) atoms. The van der Waals surface area contributed by atoms with Crippen molar-refractivity contribution in [3.05, 3.63) is 17.5 Å². The van der Waals surface area contributed by atoms with Crippen molar-refractivity contribution < 1.29 is 9.53 Å². The van der Waals surface area contributed by atoms with Crippen LogP contribution in [0.1, 0.15) is 22.5 Å². The van der Waals surface area contributed by atoms with Gasteiger partial charge in [0.25, 0.3) is 5.91 Å². The number of amides is 1. The maximum Gasteiger partial charge on any atom is 0.257 e. The summed E-state index contributed by atoms with van der Waals surface area (Å²) in [4.78, 5) is 16.8. The fourth-order valence-electron chi connectivity index (χ4n) is 2.50. The largest absolute Gasteiger partial charge is 0.383 e. The fourth-order valence-corrected chi connectivity index (χ4v) is 2.50. The van der Waals surface area contributed by atoms with Gasteiger partial charge in [0.1, 0.15) is 0 Å². The first-order valence-corrected chi connectivity index (χ1v) is 7.12. The van der Waals surface area contributed by atoms with Gasteiger partial charge in [-0.05, 0) is 19.9 Å². The molecular formula is C14H24N4O2. The van der Waals surface area contributed by atoms with E-state index in [1.54, 1.807) is 18.0 Å². The molecule has 2 heterocycles. The number of carbonyl (C=O) groups excluding carboxylic acids is 1. The Morgan fingerprint density at radius 2 is 2.15 bits per heavy atom. The van der Waals surface area contributed by atoms with Crippen molar-refractivity contribution in [2.24, 2.45) is 7.05 Å². The Balaban J connectivity index is 1.96. The lowest BCUT2D eigenvalue weighted by Gasteiger charge is -2.21. The summed E-state index contributed by atoms with van der Waals surface area (Å²) in [7, 11) is 3.58. The molecule has 0 N–H and O–H groups in total. The first-order valence-electron chi connectivity index (χ1n) is 7.12. The van der Waals surface area contributed by atoms with Crippen molar-refractivity contribution in [1.29, 1.82) is 0 Å². The average molecular weight is 280 g/mol. The molecule has 0 radical (unpaired) electrons. The summed E-state index contributed by atoms with van der Waals surface area (Å²) in [5.41, 5.74) is 1.65. The smallest absolute Gasteiger partial charge is 0.257 e. The second-order valence-corrected chi connectivity index (χ2v) is 5.25. The highest BCUT2D eigenvalue weighted by Crippen LogP contribution is 2.12. The lowest BCUT2D eigenvalue weighted by molar-refractivity contribution is 0.0758. The number of nitrogens with zero attached hydrogens (tertiary/aromatic N) is 4. The minimum Gasteiger partial charge on any atom is -0.383 e. The highest BCUT2D eigenvalue weighted by molar-refractivity contribution is 5.95. The highest BCUT2D eigenvalue weighted by Gasteiger charge is 2.22. The van der Waals surface area contributed by atoms with Gasteiger partial charge in [-0.1, -0.05) is 0 Å². The van der Waals surface area contributed by atoms with Crippen LogP contribution in [0.4, 0.5) is 0 Å². The summed E-state index contributed by atoms with van der Waals surface area (Å²) >= 11 is 0. The fraction of sp³-hybridized carbons (Fsp3) is 0.714. The van der Waals surface area contributed by atoms with Crippen molar-refractivity contribution >= 4 is 5.91 Å². The van der Waals surface area contributed by atoms with Gasteiger partial charge in [-0.3, -0.25) is 14.4 Å². The maximum absolute atomic E-state index is 12.5. The minimum atomic E-state index is 0.101. The SMILES string of the molecule is COCCN1CCCN(C(=O)c2cnn(C)c2C)CC1. The topological polar surface area (TPSA) is 50.6 Å². The van der Waals surface area contributed by atoms with E-state index >= 15 is 0 Å². The van der Waals surface area contributed by atoms with Gasteiger partial charge in [0, 0.05) is 46.0 Å². The molecule has 0 aliphatic carbocycles. The van der Waals surface area contributed by atoms with Crippen LogP contribution in [0.3, 0.4) is 0 Å². The summed E-state index contributed by atoms with van der Waals surface area (Å²) in [6.45, 7) is 7.14. The number of aryl methyl sites for hydroxylation is 1. The number of carbonyl (C=O) groups is 1. The zero-order valence-corrected chi connectivity index (χ0v) is 12.6. The van der Waals surface area contributed by atoms with Crippen molar-refractivity contribution in [2.75, 3.05) is 46.4 Å². The molecule has 1 aliphatic heterocycles. The zero-order chi connectivity index (χ0) is 14.5. The van der Waals surface area contributed by atoms with Crippen LogP contribution in [0.2, 0.25) is 0 Å². The van der Waals surface area contributed by atoms with Gasteiger partial charge in [-0.2, -0.15) is 5.10 Å². The molecule has 0 spiro atoms. The number of methoxy groups -OCH3 is 1. The van der Waals surface area contributed by atoms with E-state index in [1.807, 2.05) is 18.9 Å². The number of hydrogen-bond donors (Lipinski definition) is 0. The molecule has 0 unspecified atom stereocenters. The predicted octanol–water partition coefficient (Wildman–Crippen LogP) is 0.523. The summed E-state index contributed by atoms with van der Waals surface area (Å²) in [5, 5.41) is 4.15. The van der Waals surface area contributed by atoms with E-state index in [0.717, 1.165) is 57.0 Å². The molecule has 0 saturated carbocycles. The number of hydrogen-bond acceptors (Lipinski definition) is 4. The predicted molar refractivity (Wildman–Crippen MR) is 76.8 cm³/mol. The van der Waals surface area contributed by atoms with Crippen molar-refractivity contribution in [3.63, 3.8) is 0 Å². The third-order valence-corrected chi connectivity index (χ3v) is 3.95. The Kier molecular flexibility index (Phi) is 5.14. The Morgan fingerprint density at radius 1 is 1.35 bits per heavy atom. The Hall–Kier alpha value is -1.40. The van der Waals surface area contributed by atoms with Crippen LogP contribution in [0, 0.1) is 6.92 Å². The number of rotatable bonds is 4. The lowest BCUT2D eigenvalue weighted by Crippen LogP contribution is -2.36. The van der Waals surface area contributed by atoms with E-state index in [0.29, 0.717) is 0 Å². The number of aromatic nitrogens is 2. The molecule has 0 bridgehead atoms. The van der Waals surface area contributed by atoms with Crippen molar-refractivity contribution in [2.45, 2.75) is 13.3 Å². The Bertz CT molecular complexity index is 458. The first kappa shape index (κ1) is 15.0. The van der Waals surface area contributed by atoms with Gasteiger partial charge in [-0.25, -0.2) is 0 Å². The van der Waals surface area contributed by atoms with Crippen LogP contribution in [-0.2, 0) is 11.8 Å². The van der Waals surface area contributed by atoms with Crippen LogP contribution < -0.4 is 0 Å². The van der Waals surface area contributed by atoms with Crippen LogP contribution in [0.15, 0.2) is 6.20 Å². The van der Waals surface area contributed by atoms with E-state index in [4.69, 9.17) is 4.74 Å². The highest BCUT2D eigenvalue weighted by atomic mass is 16.5. The molecule has 2 rings (SSSR count). The third-order valence-electron chi connectivity index (χ3n) is 3.95. The molecular weight excluding hydrogens is 256 g/mol. The van der Waals surface area contributed by atoms with Gasteiger partial charge < -0.3 is 9.64 Å². The molecule has 1 amide bonds. The molecule has 6 heteroatoms. The van der Waals surface area contributed by atoms with Gasteiger partial charge in [0.15, 0.2) is 0 Å². The quantitative estimate of drug-likeness (QED) is 0.807. The monoisotopic (exact) mass is 280 g/mol. The molecule has 1 saturated heterocycles. The normalized spacial score (nSPS) is 17.2. The van der Waals surface area contributed by atoms with Gasteiger partial charge in [0.2, 0.25) is 0 Å². The molecule has 1 aromatic heterocycles. The summed E-state index contributed by atoms with van der Waals surface area (Å²) in [6.07, 6.45) is 2.68. The first-order chi connectivity index (χ1) is 9.63. The zero-order valence-electron chi connectivity index (χ0n) is 12.6. The van der Waals surface area contributed by atoms with Gasteiger partial charge in [-0.15, -0.1) is 0 Å².